The number of rotatable bonds is 10. The molecule has 0 aromatic heterocycles. The number of aryl methyl sites for hydroxylation is 1. The maximum atomic E-state index is 14.2. The number of hydrogen-bond donors (Lipinski definition) is 0. The van der Waals surface area contributed by atoms with E-state index in [-0.39, 0.29) is 49.1 Å². The highest BCUT2D eigenvalue weighted by atomic mass is 32.2. The molecule has 61 heavy (non-hydrogen) atoms. The number of carbonyl (C=O) groups is 3. The Labute approximate surface area is 361 Å². The van der Waals surface area contributed by atoms with E-state index in [1.165, 1.54) is 22.9 Å². The molecule has 314 valence electrons. The van der Waals surface area contributed by atoms with Gasteiger partial charge in [0.05, 0.1) is 47.4 Å². The quantitative estimate of drug-likeness (QED) is 0.139. The number of thioether (sulfide) groups is 1. The van der Waals surface area contributed by atoms with Crippen molar-refractivity contribution < 1.29 is 28.6 Å². The topological polar surface area (TPSA) is 95.1 Å². The van der Waals surface area contributed by atoms with E-state index in [4.69, 9.17) is 14.2 Å². The molecule has 4 heterocycles. The average Bonchev–Trinajstić information content (AvgIpc) is 3.80. The highest BCUT2D eigenvalue weighted by molar-refractivity contribution is 7.99. The SMILES string of the molecule is COc1cc2c(cc1OCc1cc(COc3cc4c(cc3C)C(=O)N3c5ccccc5C[C@H]3C(C)N4C)cc(N(C)C(=O)CSC)c1)N(C)C[C@@H]1Cc3ccccc3N1C2=O. The van der Waals surface area contributed by atoms with Gasteiger partial charge < -0.3 is 38.7 Å². The van der Waals surface area contributed by atoms with Crippen LogP contribution in [0.5, 0.6) is 17.2 Å². The Morgan fingerprint density at radius 1 is 0.754 bits per heavy atom. The van der Waals surface area contributed by atoms with Gasteiger partial charge in [0.2, 0.25) is 5.91 Å². The number of ether oxygens (including phenoxy) is 3. The van der Waals surface area contributed by atoms with Gasteiger partial charge in [0.1, 0.15) is 19.0 Å². The number of amides is 3. The van der Waals surface area contributed by atoms with Gasteiger partial charge in [0, 0.05) is 62.9 Å². The molecule has 4 aliphatic heterocycles. The molecule has 0 spiro atoms. The molecule has 0 aliphatic carbocycles. The molecule has 9 rings (SSSR count). The van der Waals surface area contributed by atoms with Crippen molar-refractivity contribution in [3.63, 3.8) is 0 Å². The molecular weight excluding hydrogens is 787 g/mol. The molecule has 5 aromatic carbocycles. The Kier molecular flexibility index (Phi) is 10.6. The maximum absolute atomic E-state index is 14.2. The normalized spacial score (nSPS) is 18.6. The Morgan fingerprint density at radius 3 is 2.05 bits per heavy atom. The number of hydrogen-bond acceptors (Lipinski definition) is 9. The molecular formula is C49H51N5O6S. The van der Waals surface area contributed by atoms with Crippen molar-refractivity contribution >= 4 is 57.9 Å². The summed E-state index contributed by atoms with van der Waals surface area (Å²) in [7, 11) is 7.42. The molecule has 0 saturated carbocycles. The van der Waals surface area contributed by atoms with E-state index in [9.17, 15) is 14.4 Å². The third kappa shape index (κ3) is 7.10. The second-order valence-electron chi connectivity index (χ2n) is 16.6. The lowest BCUT2D eigenvalue weighted by Gasteiger charge is -2.32. The third-order valence-corrected chi connectivity index (χ3v) is 13.4. The molecule has 11 nitrogen and oxygen atoms in total. The molecule has 1 unspecified atom stereocenters. The van der Waals surface area contributed by atoms with Crippen LogP contribution < -0.4 is 38.7 Å². The van der Waals surface area contributed by atoms with Crippen LogP contribution in [0.15, 0.2) is 91.0 Å². The molecule has 0 radical (unpaired) electrons. The smallest absolute Gasteiger partial charge is 0.260 e. The average molecular weight is 838 g/mol. The lowest BCUT2D eigenvalue weighted by Crippen LogP contribution is -2.47. The first-order valence-electron chi connectivity index (χ1n) is 20.7. The number of anilines is 5. The van der Waals surface area contributed by atoms with Gasteiger partial charge in [0.25, 0.3) is 11.8 Å². The largest absolute Gasteiger partial charge is 0.493 e. The van der Waals surface area contributed by atoms with Gasteiger partial charge >= 0.3 is 0 Å². The zero-order valence-electron chi connectivity index (χ0n) is 35.7. The van der Waals surface area contributed by atoms with Crippen molar-refractivity contribution in [2.45, 2.75) is 58.0 Å². The number of likely N-dealkylation sites (N-methyl/N-ethyl adjacent to an activating group) is 2. The zero-order chi connectivity index (χ0) is 42.7. The molecule has 0 bridgehead atoms. The number of para-hydroxylation sites is 2. The lowest BCUT2D eigenvalue weighted by atomic mass is 10.0. The van der Waals surface area contributed by atoms with Crippen LogP contribution in [0.4, 0.5) is 28.4 Å². The van der Waals surface area contributed by atoms with Crippen molar-refractivity contribution in [1.29, 1.82) is 0 Å². The van der Waals surface area contributed by atoms with Crippen LogP contribution in [0.2, 0.25) is 0 Å². The van der Waals surface area contributed by atoms with Crippen LogP contribution in [-0.2, 0) is 30.8 Å². The van der Waals surface area contributed by atoms with Crippen LogP contribution in [0.1, 0.15) is 55.5 Å². The molecule has 3 atom stereocenters. The second kappa shape index (κ2) is 16.0. The monoisotopic (exact) mass is 837 g/mol. The van der Waals surface area contributed by atoms with E-state index in [0.29, 0.717) is 40.7 Å². The summed E-state index contributed by atoms with van der Waals surface area (Å²) < 4.78 is 18.9. The number of benzene rings is 5. The summed E-state index contributed by atoms with van der Waals surface area (Å²) in [5.41, 5.74) is 10.4. The summed E-state index contributed by atoms with van der Waals surface area (Å²) in [6.45, 7) is 5.21. The Bertz CT molecular complexity index is 2580. The number of fused-ring (bicyclic) bond motifs is 8. The Morgan fingerprint density at radius 2 is 1.36 bits per heavy atom. The lowest BCUT2D eigenvalue weighted by molar-refractivity contribution is -0.115. The van der Waals surface area contributed by atoms with Crippen LogP contribution >= 0.6 is 11.8 Å². The van der Waals surface area contributed by atoms with Crippen LogP contribution in [0.3, 0.4) is 0 Å². The van der Waals surface area contributed by atoms with Crippen LogP contribution in [0, 0.1) is 6.92 Å². The van der Waals surface area contributed by atoms with Gasteiger partial charge in [0.15, 0.2) is 11.5 Å². The van der Waals surface area contributed by atoms with E-state index in [2.05, 4.69) is 35.9 Å². The molecule has 3 amide bonds. The summed E-state index contributed by atoms with van der Waals surface area (Å²) >= 11 is 1.48. The first kappa shape index (κ1) is 40.3. The minimum absolute atomic E-state index is 0.00144. The molecule has 5 aromatic rings. The van der Waals surface area contributed by atoms with E-state index >= 15 is 0 Å². The summed E-state index contributed by atoms with van der Waals surface area (Å²) in [6, 6.07) is 30.0. The molecule has 0 fully saturated rings. The predicted molar refractivity (Wildman–Crippen MR) is 244 cm³/mol. The van der Waals surface area contributed by atoms with Crippen molar-refractivity contribution in [2.75, 3.05) is 71.3 Å². The van der Waals surface area contributed by atoms with Gasteiger partial charge in [-0.1, -0.05) is 36.4 Å². The fourth-order valence-corrected chi connectivity index (χ4v) is 9.93. The van der Waals surface area contributed by atoms with Crippen LogP contribution in [0.25, 0.3) is 0 Å². The van der Waals surface area contributed by atoms with Gasteiger partial charge in [-0.05, 0) is 103 Å². The number of methoxy groups -OCH3 is 1. The number of nitrogens with zero attached hydrogens (tertiary/aromatic N) is 5. The van der Waals surface area contributed by atoms with Crippen molar-refractivity contribution in [3.05, 3.63) is 130 Å². The van der Waals surface area contributed by atoms with Gasteiger partial charge in [-0.2, -0.15) is 11.8 Å². The van der Waals surface area contributed by atoms with Crippen molar-refractivity contribution in [3.8, 4) is 17.2 Å². The molecule has 0 saturated heterocycles. The fraction of sp³-hybridized carbons (Fsp3) is 0.327. The highest BCUT2D eigenvalue weighted by Crippen LogP contribution is 2.44. The number of carbonyl (C=O) groups excluding carboxylic acids is 3. The second-order valence-corrected chi connectivity index (χ2v) is 17.5. The van der Waals surface area contributed by atoms with E-state index in [1.54, 1.807) is 25.1 Å². The van der Waals surface area contributed by atoms with Crippen LogP contribution in [-0.4, -0.2) is 82.7 Å². The predicted octanol–water partition coefficient (Wildman–Crippen LogP) is 7.92. The fourth-order valence-electron chi connectivity index (χ4n) is 9.49. The van der Waals surface area contributed by atoms with E-state index in [1.807, 2.05) is 103 Å². The summed E-state index contributed by atoms with van der Waals surface area (Å²) in [5.74, 6) is 1.91. The minimum atomic E-state index is -0.0574. The highest BCUT2D eigenvalue weighted by Gasteiger charge is 2.43. The van der Waals surface area contributed by atoms with E-state index < -0.39 is 0 Å². The van der Waals surface area contributed by atoms with Gasteiger partial charge in [-0.3, -0.25) is 14.4 Å². The van der Waals surface area contributed by atoms with Crippen molar-refractivity contribution in [1.82, 2.24) is 0 Å². The van der Waals surface area contributed by atoms with Gasteiger partial charge in [-0.15, -0.1) is 0 Å². The maximum Gasteiger partial charge on any atom is 0.260 e. The zero-order valence-corrected chi connectivity index (χ0v) is 36.5. The van der Waals surface area contributed by atoms with Crippen molar-refractivity contribution in [2.24, 2.45) is 0 Å². The Hall–Kier alpha value is -6.14. The molecule has 0 N–H and O–H groups in total. The van der Waals surface area contributed by atoms with E-state index in [0.717, 1.165) is 58.0 Å². The van der Waals surface area contributed by atoms with Gasteiger partial charge in [-0.25, -0.2) is 0 Å². The molecule has 12 heteroatoms. The summed E-state index contributed by atoms with van der Waals surface area (Å²) in [5, 5.41) is 0. The first-order valence-corrected chi connectivity index (χ1v) is 22.1. The summed E-state index contributed by atoms with van der Waals surface area (Å²) in [6.07, 6.45) is 3.52. The third-order valence-electron chi connectivity index (χ3n) is 12.9. The first-order chi connectivity index (χ1) is 29.4. The summed E-state index contributed by atoms with van der Waals surface area (Å²) in [4.78, 5) is 51.5. The standard InChI is InChI=1S/C49H51N5O6S/c1-29-16-37-43(51(4)30(2)41-21-34-13-9-11-15-40(34)54(41)49(37)57)24-44(29)59-26-31-17-32(19-35(18-31)52(5)47(55)28-61-7)27-60-46-23-42-38(22-45(46)58-6)48(56)53-36(25-50(42)3)20-33-12-8-10-14-39(33)53/h8-19,22-24,30,36,41H,20-21,25-28H2,1-7H3/t30?,36-,41-/m0/s1. The minimum Gasteiger partial charge on any atom is -0.493 e. The molecule has 4 aliphatic rings. The Balaban J connectivity index is 0.989.